The van der Waals surface area contributed by atoms with Crippen molar-refractivity contribution >= 4 is 36.7 Å². The molecule has 25 heavy (non-hydrogen) atoms. The number of hydrogen-bond acceptors (Lipinski definition) is 4. The number of carboxylic acids is 1. The molecule has 0 aliphatic heterocycles. The van der Waals surface area contributed by atoms with Gasteiger partial charge in [0.2, 0.25) is 0 Å². The number of para-hydroxylation sites is 1. The molecule has 1 unspecified atom stereocenters. The second-order valence-corrected chi connectivity index (χ2v) is 9.30. The van der Waals surface area contributed by atoms with E-state index in [4.69, 9.17) is 0 Å². The lowest BCUT2D eigenvalue weighted by Gasteiger charge is -2.04. The van der Waals surface area contributed by atoms with E-state index in [0.29, 0.717) is 10.9 Å². The summed E-state index contributed by atoms with van der Waals surface area (Å²) < 4.78 is 47.6. The van der Waals surface area contributed by atoms with Crippen molar-refractivity contribution < 1.29 is 26.7 Å². The Labute approximate surface area is 144 Å². The molecule has 130 valence electrons. The van der Waals surface area contributed by atoms with Crippen molar-refractivity contribution in [3.63, 3.8) is 0 Å². The maximum absolute atomic E-state index is 13.0. The Morgan fingerprint density at radius 1 is 1.00 bits per heavy atom. The summed E-state index contributed by atoms with van der Waals surface area (Å²) in [7, 11) is -7.26. The van der Waals surface area contributed by atoms with Gasteiger partial charge >= 0.3 is 16.0 Å². The van der Waals surface area contributed by atoms with E-state index >= 15 is 0 Å². The number of carbonyl (C=O) groups is 1. The van der Waals surface area contributed by atoms with Crippen LogP contribution in [0.15, 0.2) is 64.5 Å². The maximum Gasteiger partial charge on any atom is 0.402 e. The summed E-state index contributed by atoms with van der Waals surface area (Å²) in [5, 5.41) is 9.64. The van der Waals surface area contributed by atoms with Crippen LogP contribution in [0, 0.1) is 0 Å². The molecule has 0 aliphatic rings. The van der Waals surface area contributed by atoms with Gasteiger partial charge in [0, 0.05) is 17.8 Å². The van der Waals surface area contributed by atoms with Gasteiger partial charge in [-0.25, -0.2) is 17.4 Å². The molecule has 0 spiro atoms. The number of carboxylic acid groups (broad SMARTS) is 1. The molecule has 0 aliphatic carbocycles. The highest BCUT2D eigenvalue weighted by molar-refractivity contribution is 7.91. The van der Waals surface area contributed by atoms with Crippen LogP contribution in [0.5, 0.6) is 0 Å². The zero-order valence-electron chi connectivity index (χ0n) is 13.0. The zero-order chi connectivity index (χ0) is 18.4. The molecule has 3 aromatic rings. The summed E-state index contributed by atoms with van der Waals surface area (Å²) in [6.45, 7) is 0. The Bertz CT molecular complexity index is 1190. The van der Waals surface area contributed by atoms with E-state index < -0.39 is 25.8 Å². The maximum atomic E-state index is 13.0. The first-order chi connectivity index (χ1) is 11.6. The number of sulfone groups is 1. The van der Waals surface area contributed by atoms with Crippen LogP contribution in [0.2, 0.25) is 0 Å². The molecule has 0 saturated carbocycles. The highest BCUT2D eigenvalue weighted by Gasteiger charge is 2.28. The molecule has 7 nitrogen and oxygen atoms in total. The van der Waals surface area contributed by atoms with Gasteiger partial charge in [-0.1, -0.05) is 18.2 Å². The van der Waals surface area contributed by atoms with Crippen molar-refractivity contribution in [2.75, 3.05) is 6.26 Å². The molecule has 0 bridgehead atoms. The minimum absolute atomic E-state index is 0.0232. The van der Waals surface area contributed by atoms with Crippen molar-refractivity contribution in [1.29, 1.82) is 0 Å². The second-order valence-electron chi connectivity index (χ2n) is 5.43. The van der Waals surface area contributed by atoms with E-state index in [1.54, 1.807) is 24.3 Å². The van der Waals surface area contributed by atoms with E-state index in [9.17, 15) is 26.7 Å². The van der Waals surface area contributed by atoms with E-state index in [0.717, 1.165) is 16.4 Å². The van der Waals surface area contributed by atoms with Gasteiger partial charge in [0.1, 0.15) is 4.90 Å². The lowest BCUT2D eigenvalue weighted by atomic mass is 10.2. The van der Waals surface area contributed by atoms with Gasteiger partial charge in [-0.3, -0.25) is 0 Å². The highest BCUT2D eigenvalue weighted by atomic mass is 32.2. The molecule has 0 radical (unpaired) electrons. The largest absolute Gasteiger partial charge is 0.478 e. The van der Waals surface area contributed by atoms with E-state index in [1.165, 1.54) is 24.3 Å². The first-order valence-electron chi connectivity index (χ1n) is 7.03. The number of hydrogen-bond donors (Lipinski definition) is 1. The summed E-state index contributed by atoms with van der Waals surface area (Å²) >= 11 is 0. The smallest absolute Gasteiger partial charge is 0.402 e. The molecule has 2 aromatic carbocycles. The third-order valence-corrected chi connectivity index (χ3v) is 6.58. The van der Waals surface area contributed by atoms with Crippen molar-refractivity contribution in [2.45, 2.75) is 9.79 Å². The second kappa shape index (κ2) is 5.71. The Morgan fingerprint density at radius 2 is 1.56 bits per heavy atom. The standard InChI is InChI=1S/C16H13NO6S2/c1-24(20,21)11-6-8-12(9-7-11)25(22,23)17-10-14(16(18)19)13-4-2-3-5-15(13)17/h2-10H,1H3,(H,18,19)/p+1. The van der Waals surface area contributed by atoms with Gasteiger partial charge in [0.05, 0.1) is 16.0 Å². The van der Waals surface area contributed by atoms with Crippen molar-refractivity contribution in [2.24, 2.45) is 0 Å². The molecule has 1 aromatic heterocycles. The highest BCUT2D eigenvalue weighted by Crippen LogP contribution is 2.26. The fraction of sp³-hybridized carbons (Fsp3) is 0.0625. The van der Waals surface area contributed by atoms with Gasteiger partial charge in [0.15, 0.2) is 9.84 Å². The number of aromatic nitrogens is 1. The first kappa shape index (κ1) is 17.2. The van der Waals surface area contributed by atoms with Gasteiger partial charge in [-0.2, -0.15) is 8.18 Å². The summed E-state index contributed by atoms with van der Waals surface area (Å²) in [6.07, 6.45) is 2.15. The fourth-order valence-corrected chi connectivity index (χ4v) is 4.53. The van der Waals surface area contributed by atoms with Gasteiger partial charge in [-0.05, 0) is 30.3 Å². The van der Waals surface area contributed by atoms with Crippen LogP contribution in [0.1, 0.15) is 10.4 Å². The van der Waals surface area contributed by atoms with Crippen LogP contribution in [0.3, 0.4) is 0 Å². The Kier molecular flexibility index (Phi) is 3.92. The average molecular weight is 380 g/mol. The number of fused-ring (bicyclic) bond motifs is 1. The molecular formula is C16H14NO6S2+. The summed E-state index contributed by atoms with van der Waals surface area (Å²) in [4.78, 5) is 11.4. The third kappa shape index (κ3) is 2.92. The minimum Gasteiger partial charge on any atom is -0.478 e. The number of nitrogens with zero attached hydrogens (tertiary/aromatic N) is 1. The number of aromatic carboxylic acids is 1. The third-order valence-electron chi connectivity index (χ3n) is 3.73. The number of benzene rings is 2. The van der Waals surface area contributed by atoms with E-state index in [-0.39, 0.29) is 15.4 Å². The summed E-state index contributed by atoms with van der Waals surface area (Å²) in [5.41, 5.74) is 0.199. The quantitative estimate of drug-likeness (QED) is 0.696. The van der Waals surface area contributed by atoms with E-state index in [2.05, 4.69) is 0 Å². The lowest BCUT2D eigenvalue weighted by Crippen LogP contribution is -2.12. The topological polar surface area (TPSA) is 115 Å². The summed E-state index contributed by atoms with van der Waals surface area (Å²) in [5.74, 6) is -1.21. The van der Waals surface area contributed by atoms with Gasteiger partial charge in [0.25, 0.3) is 0 Å². The normalized spacial score (nSPS) is 14.3. The fourth-order valence-electron chi connectivity index (χ4n) is 2.50. The van der Waals surface area contributed by atoms with Crippen LogP contribution in [-0.2, 0) is 19.9 Å². The average Bonchev–Trinajstić information content (AvgIpc) is 2.95. The number of rotatable bonds is 4. The lowest BCUT2D eigenvalue weighted by molar-refractivity contribution is 0.0699. The molecule has 2 N–H and O–H groups in total. The van der Waals surface area contributed by atoms with Gasteiger partial charge < -0.3 is 5.11 Å². The van der Waals surface area contributed by atoms with Crippen LogP contribution < -0.4 is 0 Å². The predicted octanol–water partition coefficient (Wildman–Crippen LogP) is 2.14. The zero-order valence-corrected chi connectivity index (χ0v) is 14.6. The molecular weight excluding hydrogens is 366 g/mol. The van der Waals surface area contributed by atoms with Crippen LogP contribution in [0.4, 0.5) is 0 Å². The SMILES string of the molecule is CS(=O)(=O)c1ccc(S(=O)(=[OH+])n2cc(C(=O)O)c3ccccc32)cc1. The predicted molar refractivity (Wildman–Crippen MR) is 92.2 cm³/mol. The molecule has 9 heteroatoms. The van der Waals surface area contributed by atoms with Gasteiger partial charge in [-0.15, -0.1) is 0 Å². The first-order valence-corrected chi connectivity index (χ1v) is 10.4. The Balaban J connectivity index is 2.22. The Morgan fingerprint density at radius 3 is 2.12 bits per heavy atom. The minimum atomic E-state index is -3.83. The van der Waals surface area contributed by atoms with Crippen LogP contribution in [-0.4, -0.2) is 38.1 Å². The van der Waals surface area contributed by atoms with Crippen molar-refractivity contribution in [3.05, 3.63) is 60.3 Å². The molecule has 0 amide bonds. The van der Waals surface area contributed by atoms with Crippen LogP contribution >= 0.6 is 0 Å². The molecule has 0 saturated heterocycles. The van der Waals surface area contributed by atoms with Crippen molar-refractivity contribution in [1.82, 2.24) is 3.97 Å². The molecule has 0 fully saturated rings. The van der Waals surface area contributed by atoms with Crippen molar-refractivity contribution in [3.8, 4) is 0 Å². The monoisotopic (exact) mass is 380 g/mol. The molecule has 3 rings (SSSR count). The molecule has 1 atom stereocenters. The Hall–Kier alpha value is -2.65. The van der Waals surface area contributed by atoms with Crippen LogP contribution in [0.25, 0.3) is 10.9 Å². The molecule has 1 heterocycles. The van der Waals surface area contributed by atoms with E-state index in [1.807, 2.05) is 0 Å². The summed E-state index contributed by atoms with van der Waals surface area (Å²) in [6, 6.07) is 11.3.